The van der Waals surface area contributed by atoms with Crippen LogP contribution in [0.1, 0.15) is 12.5 Å². The highest BCUT2D eigenvalue weighted by Gasteiger charge is 2.25. The maximum absolute atomic E-state index is 12.4. The van der Waals surface area contributed by atoms with Gasteiger partial charge in [0.1, 0.15) is 5.69 Å². The Kier molecular flexibility index (Phi) is 5.72. The number of hydrogen-bond donors (Lipinski definition) is 1. The van der Waals surface area contributed by atoms with Crippen molar-refractivity contribution in [2.45, 2.75) is 19.4 Å². The average molecular weight is 374 g/mol. The highest BCUT2D eigenvalue weighted by Crippen LogP contribution is 2.28. The van der Waals surface area contributed by atoms with E-state index in [1.54, 1.807) is 34.4 Å². The standard InChI is InChI=1S/C18H22N4O3S/c1-14(12-15-6-11-26-13-15)19-18(23)21-9-7-20(8-10-21)16-4-2-3-5-17(16)22(24)25/h2-6,11,13-14H,7-10,12H2,1H3,(H,19,23). The lowest BCUT2D eigenvalue weighted by Crippen LogP contribution is -2.53. The van der Waals surface area contributed by atoms with E-state index in [0.29, 0.717) is 31.9 Å². The molecule has 0 radical (unpaired) electrons. The van der Waals surface area contributed by atoms with Crippen LogP contribution in [0.5, 0.6) is 0 Å². The number of anilines is 1. The summed E-state index contributed by atoms with van der Waals surface area (Å²) in [7, 11) is 0. The van der Waals surface area contributed by atoms with Crippen molar-refractivity contribution in [2.75, 3.05) is 31.1 Å². The van der Waals surface area contributed by atoms with E-state index in [9.17, 15) is 14.9 Å². The molecule has 138 valence electrons. The number of nitro groups is 1. The zero-order valence-electron chi connectivity index (χ0n) is 14.6. The molecule has 0 bridgehead atoms. The molecule has 1 aromatic carbocycles. The number of nitro benzene ring substituents is 1. The third-order valence-electron chi connectivity index (χ3n) is 4.48. The molecule has 26 heavy (non-hydrogen) atoms. The number of para-hydroxylation sites is 2. The highest BCUT2D eigenvalue weighted by atomic mass is 32.1. The Bertz CT molecular complexity index is 758. The molecule has 1 aromatic heterocycles. The van der Waals surface area contributed by atoms with Gasteiger partial charge in [0.25, 0.3) is 5.69 Å². The van der Waals surface area contributed by atoms with Crippen molar-refractivity contribution in [1.82, 2.24) is 10.2 Å². The number of rotatable bonds is 5. The van der Waals surface area contributed by atoms with Gasteiger partial charge in [-0.3, -0.25) is 10.1 Å². The Morgan fingerprint density at radius 3 is 2.65 bits per heavy atom. The second kappa shape index (κ2) is 8.18. The van der Waals surface area contributed by atoms with Crippen molar-refractivity contribution in [3.8, 4) is 0 Å². The monoisotopic (exact) mass is 374 g/mol. The maximum Gasteiger partial charge on any atom is 0.317 e. The van der Waals surface area contributed by atoms with Crippen molar-refractivity contribution in [3.63, 3.8) is 0 Å². The predicted molar refractivity (Wildman–Crippen MR) is 103 cm³/mol. The van der Waals surface area contributed by atoms with Crippen molar-refractivity contribution < 1.29 is 9.72 Å². The Morgan fingerprint density at radius 1 is 1.27 bits per heavy atom. The lowest BCUT2D eigenvalue weighted by Gasteiger charge is -2.36. The van der Waals surface area contributed by atoms with Crippen LogP contribution in [0.2, 0.25) is 0 Å². The van der Waals surface area contributed by atoms with Gasteiger partial charge >= 0.3 is 6.03 Å². The molecule has 1 unspecified atom stereocenters. The number of benzene rings is 1. The first kappa shape index (κ1) is 18.2. The number of piperazine rings is 1. The average Bonchev–Trinajstić information content (AvgIpc) is 3.14. The molecule has 8 heteroatoms. The minimum absolute atomic E-state index is 0.0605. The van der Waals surface area contributed by atoms with E-state index in [1.165, 1.54) is 11.6 Å². The molecule has 0 spiro atoms. The molecular formula is C18H22N4O3S. The number of thiophene rings is 1. The van der Waals surface area contributed by atoms with E-state index >= 15 is 0 Å². The summed E-state index contributed by atoms with van der Waals surface area (Å²) in [5.74, 6) is 0. The molecule has 3 rings (SSSR count). The van der Waals surface area contributed by atoms with E-state index in [2.05, 4.69) is 16.8 Å². The van der Waals surface area contributed by atoms with Crippen LogP contribution in [-0.4, -0.2) is 48.1 Å². The van der Waals surface area contributed by atoms with Crippen LogP contribution >= 0.6 is 11.3 Å². The third kappa shape index (κ3) is 4.32. The van der Waals surface area contributed by atoms with Gasteiger partial charge in [0.15, 0.2) is 0 Å². The third-order valence-corrected chi connectivity index (χ3v) is 5.21. The molecule has 7 nitrogen and oxygen atoms in total. The molecule has 1 fully saturated rings. The van der Waals surface area contributed by atoms with Crippen LogP contribution in [-0.2, 0) is 6.42 Å². The molecule has 1 aliphatic heterocycles. The zero-order chi connectivity index (χ0) is 18.5. The maximum atomic E-state index is 12.4. The molecule has 1 N–H and O–H groups in total. The van der Waals surface area contributed by atoms with Gasteiger partial charge in [0.2, 0.25) is 0 Å². The number of nitrogens with one attached hydrogen (secondary N) is 1. The van der Waals surface area contributed by atoms with Crippen molar-refractivity contribution in [3.05, 3.63) is 56.8 Å². The number of carbonyl (C=O) groups excluding carboxylic acids is 1. The van der Waals surface area contributed by atoms with Crippen LogP contribution in [0.3, 0.4) is 0 Å². The van der Waals surface area contributed by atoms with Gasteiger partial charge in [-0.15, -0.1) is 0 Å². The number of carbonyl (C=O) groups is 1. The minimum Gasteiger partial charge on any atom is -0.362 e. The largest absolute Gasteiger partial charge is 0.362 e. The molecule has 0 aliphatic carbocycles. The topological polar surface area (TPSA) is 78.7 Å². The number of amides is 2. The molecule has 1 aliphatic rings. The molecule has 2 amide bonds. The van der Waals surface area contributed by atoms with Crippen LogP contribution in [0.4, 0.5) is 16.2 Å². The molecular weight excluding hydrogens is 352 g/mol. The van der Waals surface area contributed by atoms with E-state index in [1.807, 2.05) is 17.2 Å². The van der Waals surface area contributed by atoms with Gasteiger partial charge in [0.05, 0.1) is 4.92 Å². The first-order valence-electron chi connectivity index (χ1n) is 8.59. The lowest BCUT2D eigenvalue weighted by atomic mass is 10.1. The van der Waals surface area contributed by atoms with Gasteiger partial charge < -0.3 is 15.1 Å². The fourth-order valence-corrected chi connectivity index (χ4v) is 3.83. The molecule has 2 heterocycles. The predicted octanol–water partition coefficient (Wildman–Crippen LogP) is 3.12. The van der Waals surface area contributed by atoms with E-state index in [-0.39, 0.29) is 22.7 Å². The zero-order valence-corrected chi connectivity index (χ0v) is 15.4. The molecule has 1 atom stereocenters. The Labute approximate surface area is 156 Å². The molecule has 1 saturated heterocycles. The number of nitrogens with zero attached hydrogens (tertiary/aromatic N) is 3. The first-order chi connectivity index (χ1) is 12.5. The normalized spacial score (nSPS) is 15.6. The van der Waals surface area contributed by atoms with E-state index in [4.69, 9.17) is 0 Å². The molecule has 0 saturated carbocycles. The van der Waals surface area contributed by atoms with Crippen LogP contribution in [0.15, 0.2) is 41.1 Å². The summed E-state index contributed by atoms with van der Waals surface area (Å²) in [6, 6.07) is 8.80. The van der Waals surface area contributed by atoms with Gasteiger partial charge in [-0.05, 0) is 41.8 Å². The Balaban J connectivity index is 1.53. The van der Waals surface area contributed by atoms with Crippen molar-refractivity contribution >= 4 is 28.7 Å². The van der Waals surface area contributed by atoms with E-state index < -0.39 is 0 Å². The quantitative estimate of drug-likeness (QED) is 0.644. The summed E-state index contributed by atoms with van der Waals surface area (Å²) in [4.78, 5) is 27.0. The van der Waals surface area contributed by atoms with Gasteiger partial charge in [-0.2, -0.15) is 11.3 Å². The van der Waals surface area contributed by atoms with Crippen LogP contribution in [0, 0.1) is 10.1 Å². The number of hydrogen-bond acceptors (Lipinski definition) is 5. The smallest absolute Gasteiger partial charge is 0.317 e. The van der Waals surface area contributed by atoms with Crippen LogP contribution < -0.4 is 10.2 Å². The van der Waals surface area contributed by atoms with Crippen molar-refractivity contribution in [2.24, 2.45) is 0 Å². The van der Waals surface area contributed by atoms with Gasteiger partial charge in [-0.25, -0.2) is 4.79 Å². The van der Waals surface area contributed by atoms with Gasteiger partial charge in [-0.1, -0.05) is 12.1 Å². The van der Waals surface area contributed by atoms with Crippen LogP contribution in [0.25, 0.3) is 0 Å². The minimum atomic E-state index is -0.361. The van der Waals surface area contributed by atoms with E-state index in [0.717, 1.165) is 6.42 Å². The summed E-state index contributed by atoms with van der Waals surface area (Å²) in [5.41, 5.74) is 1.95. The second-order valence-electron chi connectivity index (χ2n) is 6.41. The Hall–Kier alpha value is -2.61. The summed E-state index contributed by atoms with van der Waals surface area (Å²) in [5, 5.41) is 18.4. The summed E-state index contributed by atoms with van der Waals surface area (Å²) < 4.78 is 0. The number of urea groups is 1. The molecule has 2 aromatic rings. The first-order valence-corrected chi connectivity index (χ1v) is 9.54. The van der Waals surface area contributed by atoms with Crippen molar-refractivity contribution in [1.29, 1.82) is 0 Å². The second-order valence-corrected chi connectivity index (χ2v) is 7.19. The SMILES string of the molecule is CC(Cc1ccsc1)NC(=O)N1CCN(c2ccccc2[N+](=O)[O-])CC1. The fourth-order valence-electron chi connectivity index (χ4n) is 3.15. The summed E-state index contributed by atoms with van der Waals surface area (Å²) in [6.07, 6.45) is 0.811. The van der Waals surface area contributed by atoms with Gasteiger partial charge in [0, 0.05) is 38.3 Å². The highest BCUT2D eigenvalue weighted by molar-refractivity contribution is 7.07. The fraction of sp³-hybridized carbons (Fsp3) is 0.389. The summed E-state index contributed by atoms with van der Waals surface area (Å²) in [6.45, 7) is 4.25. The summed E-state index contributed by atoms with van der Waals surface area (Å²) >= 11 is 1.65. The Morgan fingerprint density at radius 2 is 2.00 bits per heavy atom. The lowest BCUT2D eigenvalue weighted by molar-refractivity contribution is -0.384.